The Morgan fingerprint density at radius 2 is 1.80 bits per heavy atom. The zero-order valence-electron chi connectivity index (χ0n) is 16.5. The fourth-order valence-corrected chi connectivity index (χ4v) is 3.64. The van der Waals surface area contributed by atoms with Crippen molar-refractivity contribution >= 4 is 34.5 Å². The number of hydrogen-bond donors (Lipinski definition) is 0. The van der Waals surface area contributed by atoms with E-state index in [2.05, 4.69) is 9.73 Å². The normalized spacial score (nSPS) is 16.3. The van der Waals surface area contributed by atoms with Crippen LogP contribution in [-0.4, -0.2) is 43.3 Å². The van der Waals surface area contributed by atoms with Crippen molar-refractivity contribution < 1.29 is 28.2 Å². The zero-order chi connectivity index (χ0) is 21.7. The van der Waals surface area contributed by atoms with Gasteiger partial charge in [-0.25, -0.2) is 14.2 Å². The lowest BCUT2D eigenvalue weighted by atomic mass is 10.2. The van der Waals surface area contributed by atoms with E-state index >= 15 is 0 Å². The first-order valence-corrected chi connectivity index (χ1v) is 9.61. The van der Waals surface area contributed by atoms with Crippen LogP contribution >= 0.6 is 11.8 Å². The van der Waals surface area contributed by atoms with Crippen molar-refractivity contribution in [3.8, 4) is 11.5 Å². The molecule has 2 aromatic carbocycles. The Morgan fingerprint density at radius 3 is 2.43 bits per heavy atom. The minimum atomic E-state index is -0.639. The van der Waals surface area contributed by atoms with Gasteiger partial charge in [-0.2, -0.15) is 0 Å². The lowest BCUT2D eigenvalue weighted by Gasteiger charge is -2.17. The summed E-state index contributed by atoms with van der Waals surface area (Å²) in [7, 11) is 4.30. The van der Waals surface area contributed by atoms with Crippen molar-refractivity contribution in [2.45, 2.75) is 6.54 Å². The molecule has 0 atom stereocenters. The quantitative estimate of drug-likeness (QED) is 0.514. The highest BCUT2D eigenvalue weighted by molar-refractivity contribution is 8.18. The molecule has 0 N–H and O–H groups in total. The number of methoxy groups -OCH3 is 3. The molecule has 1 amide bonds. The summed E-state index contributed by atoms with van der Waals surface area (Å²) in [5.74, 6) is -0.324. The molecule has 0 saturated carbocycles. The standard InChI is InChI=1S/C21H19FN2O5S/c1-27-16-9-4-13(10-17(16)28-2)12-24-20(26)18(11-19(25)29-3)30-21(24)23-15-7-5-14(22)6-8-15/h4-11H,12H2,1-3H3/b18-11-,23-21?. The van der Waals surface area contributed by atoms with Gasteiger partial charge >= 0.3 is 5.97 Å². The number of amidine groups is 1. The predicted octanol–water partition coefficient (Wildman–Crippen LogP) is 3.66. The first-order valence-electron chi connectivity index (χ1n) is 8.79. The molecule has 2 aromatic rings. The molecule has 30 heavy (non-hydrogen) atoms. The molecular formula is C21H19FN2O5S. The number of carbonyl (C=O) groups excluding carboxylic acids is 2. The van der Waals surface area contributed by atoms with E-state index in [-0.39, 0.29) is 23.2 Å². The molecule has 7 nitrogen and oxygen atoms in total. The smallest absolute Gasteiger partial charge is 0.331 e. The van der Waals surface area contributed by atoms with Crippen LogP contribution in [0.15, 0.2) is 58.4 Å². The van der Waals surface area contributed by atoms with Crippen LogP contribution in [0.1, 0.15) is 5.56 Å². The van der Waals surface area contributed by atoms with Gasteiger partial charge in [0.05, 0.1) is 38.5 Å². The van der Waals surface area contributed by atoms with Crippen molar-refractivity contribution in [3.63, 3.8) is 0 Å². The number of esters is 1. The van der Waals surface area contributed by atoms with E-state index in [9.17, 15) is 14.0 Å². The van der Waals surface area contributed by atoms with Crippen LogP contribution in [0.25, 0.3) is 0 Å². The number of nitrogens with zero attached hydrogens (tertiary/aromatic N) is 2. The number of amides is 1. The molecule has 0 unspecified atom stereocenters. The van der Waals surface area contributed by atoms with Crippen LogP contribution in [0.5, 0.6) is 11.5 Å². The molecular weight excluding hydrogens is 411 g/mol. The fourth-order valence-electron chi connectivity index (χ4n) is 2.68. The van der Waals surface area contributed by atoms with E-state index in [1.807, 2.05) is 0 Å². The summed E-state index contributed by atoms with van der Waals surface area (Å²) in [6.07, 6.45) is 1.13. The zero-order valence-corrected chi connectivity index (χ0v) is 17.4. The van der Waals surface area contributed by atoms with Crippen LogP contribution in [-0.2, 0) is 20.9 Å². The molecule has 0 radical (unpaired) electrons. The van der Waals surface area contributed by atoms with Crippen LogP contribution in [0, 0.1) is 5.82 Å². The summed E-state index contributed by atoms with van der Waals surface area (Å²) in [5.41, 5.74) is 1.25. The maximum absolute atomic E-state index is 13.2. The van der Waals surface area contributed by atoms with E-state index < -0.39 is 5.97 Å². The Hall–Kier alpha value is -3.33. The maximum Gasteiger partial charge on any atom is 0.331 e. The lowest BCUT2D eigenvalue weighted by molar-refractivity contribution is -0.135. The SMILES string of the molecule is COC(=O)/C=C1\SC(=Nc2ccc(F)cc2)N(Cc2ccc(OC)c(OC)c2)C1=O. The largest absolute Gasteiger partial charge is 0.493 e. The summed E-state index contributed by atoms with van der Waals surface area (Å²) < 4.78 is 28.4. The van der Waals surface area contributed by atoms with Gasteiger partial charge in [0, 0.05) is 6.08 Å². The van der Waals surface area contributed by atoms with Gasteiger partial charge in [0.2, 0.25) is 0 Å². The summed E-state index contributed by atoms with van der Waals surface area (Å²) in [6.45, 7) is 0.185. The van der Waals surface area contributed by atoms with Crippen molar-refractivity contribution in [1.82, 2.24) is 4.90 Å². The molecule has 156 valence electrons. The van der Waals surface area contributed by atoms with Gasteiger partial charge in [-0.3, -0.25) is 9.69 Å². The molecule has 0 aliphatic carbocycles. The van der Waals surface area contributed by atoms with E-state index in [4.69, 9.17) is 9.47 Å². The molecule has 1 saturated heterocycles. The molecule has 1 fully saturated rings. The third kappa shape index (κ3) is 4.80. The highest BCUT2D eigenvalue weighted by Gasteiger charge is 2.34. The van der Waals surface area contributed by atoms with Gasteiger partial charge in [0.15, 0.2) is 16.7 Å². The topological polar surface area (TPSA) is 77.4 Å². The van der Waals surface area contributed by atoms with Crippen LogP contribution < -0.4 is 9.47 Å². The maximum atomic E-state index is 13.2. The number of aliphatic imine (C=N–C) groups is 1. The van der Waals surface area contributed by atoms with Crippen LogP contribution in [0.4, 0.5) is 10.1 Å². The second-order valence-corrected chi connectivity index (χ2v) is 7.09. The first kappa shape index (κ1) is 21.4. The van der Waals surface area contributed by atoms with Crippen molar-refractivity contribution in [2.24, 2.45) is 4.99 Å². The highest BCUT2D eigenvalue weighted by atomic mass is 32.2. The Kier molecular flexibility index (Phi) is 6.73. The third-order valence-electron chi connectivity index (χ3n) is 4.18. The number of thioether (sulfide) groups is 1. The minimum absolute atomic E-state index is 0.184. The van der Waals surface area contributed by atoms with E-state index in [1.165, 1.54) is 50.5 Å². The Labute approximate surface area is 177 Å². The lowest BCUT2D eigenvalue weighted by Crippen LogP contribution is -2.28. The molecule has 1 heterocycles. The molecule has 1 aliphatic heterocycles. The number of carbonyl (C=O) groups is 2. The van der Waals surface area contributed by atoms with Gasteiger partial charge in [-0.1, -0.05) is 6.07 Å². The summed E-state index contributed by atoms with van der Waals surface area (Å²) in [4.78, 5) is 30.6. The van der Waals surface area contributed by atoms with Gasteiger partial charge in [0.1, 0.15) is 5.82 Å². The number of halogens is 1. The van der Waals surface area contributed by atoms with Gasteiger partial charge in [0.25, 0.3) is 5.91 Å². The highest BCUT2D eigenvalue weighted by Crippen LogP contribution is 2.35. The first-order chi connectivity index (χ1) is 14.4. The Morgan fingerprint density at radius 1 is 1.10 bits per heavy atom. The van der Waals surface area contributed by atoms with Crippen LogP contribution in [0.3, 0.4) is 0 Å². The average molecular weight is 430 g/mol. The van der Waals surface area contributed by atoms with Gasteiger partial charge in [-0.15, -0.1) is 0 Å². The van der Waals surface area contributed by atoms with E-state index in [0.717, 1.165) is 23.4 Å². The number of benzene rings is 2. The fraction of sp³-hybridized carbons (Fsp3) is 0.190. The predicted molar refractivity (Wildman–Crippen MR) is 111 cm³/mol. The Bertz CT molecular complexity index is 1020. The molecule has 0 spiro atoms. The van der Waals surface area contributed by atoms with Gasteiger partial charge in [-0.05, 0) is 53.7 Å². The van der Waals surface area contributed by atoms with Crippen molar-refractivity contribution in [1.29, 1.82) is 0 Å². The molecule has 9 heteroatoms. The average Bonchev–Trinajstić information content (AvgIpc) is 3.03. The second kappa shape index (κ2) is 9.45. The molecule has 0 bridgehead atoms. The summed E-state index contributed by atoms with van der Waals surface area (Å²) in [5, 5.41) is 0.358. The summed E-state index contributed by atoms with van der Waals surface area (Å²) >= 11 is 1.04. The third-order valence-corrected chi connectivity index (χ3v) is 5.18. The van der Waals surface area contributed by atoms with Crippen LogP contribution in [0.2, 0.25) is 0 Å². The van der Waals surface area contributed by atoms with E-state index in [1.54, 1.807) is 18.2 Å². The Balaban J connectivity index is 1.96. The molecule has 1 aliphatic rings. The molecule has 0 aromatic heterocycles. The van der Waals surface area contributed by atoms with Crippen molar-refractivity contribution in [3.05, 3.63) is 64.8 Å². The monoisotopic (exact) mass is 430 g/mol. The number of rotatable bonds is 6. The second-order valence-electron chi connectivity index (χ2n) is 6.09. The molecule has 3 rings (SSSR count). The van der Waals surface area contributed by atoms with Crippen molar-refractivity contribution in [2.75, 3.05) is 21.3 Å². The number of hydrogen-bond acceptors (Lipinski definition) is 7. The summed E-state index contributed by atoms with van der Waals surface area (Å²) in [6, 6.07) is 10.9. The van der Waals surface area contributed by atoms with Gasteiger partial charge < -0.3 is 14.2 Å². The number of ether oxygens (including phenoxy) is 3. The van der Waals surface area contributed by atoms with E-state index in [0.29, 0.717) is 22.4 Å². The minimum Gasteiger partial charge on any atom is -0.493 e.